The topological polar surface area (TPSA) is 81.5 Å². The van der Waals surface area contributed by atoms with Crippen LogP contribution in [-0.2, 0) is 9.53 Å². The van der Waals surface area contributed by atoms with Crippen molar-refractivity contribution in [3.8, 4) is 0 Å². The lowest BCUT2D eigenvalue weighted by Gasteiger charge is -2.07. The average Bonchev–Trinajstić information content (AvgIpc) is 2.27. The second-order valence-electron chi connectivity index (χ2n) is 3.29. The van der Waals surface area contributed by atoms with Crippen LogP contribution in [0, 0.1) is 21.7 Å². The van der Waals surface area contributed by atoms with Crippen LogP contribution >= 0.6 is 0 Å². The molecule has 1 aromatic carbocycles. The Hall–Kier alpha value is -2.25. The number of hydrogen-bond acceptors (Lipinski definition) is 5. The van der Waals surface area contributed by atoms with E-state index in [0.717, 1.165) is 6.07 Å². The fourth-order valence-corrected chi connectivity index (χ4v) is 1.29. The summed E-state index contributed by atoms with van der Waals surface area (Å²) in [4.78, 5) is 20.5. The van der Waals surface area contributed by atoms with Crippen molar-refractivity contribution >= 4 is 17.3 Å². The van der Waals surface area contributed by atoms with E-state index in [1.54, 1.807) is 0 Å². The Morgan fingerprint density at radius 3 is 2.72 bits per heavy atom. The molecule has 0 unspecified atom stereocenters. The molecule has 0 aliphatic heterocycles. The zero-order chi connectivity index (χ0) is 13.7. The Balaban J connectivity index is 2.87. The van der Waals surface area contributed by atoms with E-state index < -0.39 is 28.2 Å². The van der Waals surface area contributed by atoms with Crippen molar-refractivity contribution in [1.82, 2.24) is 0 Å². The number of nitrogens with one attached hydrogen (secondary N) is 1. The molecule has 0 aliphatic carbocycles. The van der Waals surface area contributed by atoms with Crippen LogP contribution in [0.4, 0.5) is 20.2 Å². The highest BCUT2D eigenvalue weighted by molar-refractivity contribution is 5.70. The largest absolute Gasteiger partial charge is 0.469 e. The minimum Gasteiger partial charge on any atom is -0.469 e. The number of carbonyl (C=O) groups excluding carboxylic acids is 1. The lowest BCUT2D eigenvalue weighted by Crippen LogP contribution is -2.11. The summed E-state index contributed by atoms with van der Waals surface area (Å²) in [6, 6.07) is 1.21. The van der Waals surface area contributed by atoms with Gasteiger partial charge in [0.2, 0.25) is 5.82 Å². The molecule has 1 rings (SSSR count). The van der Waals surface area contributed by atoms with Crippen LogP contribution in [-0.4, -0.2) is 24.5 Å². The first kappa shape index (κ1) is 13.8. The predicted molar refractivity (Wildman–Crippen MR) is 58.1 cm³/mol. The molecule has 0 saturated carbocycles. The molecule has 0 aromatic heterocycles. The van der Waals surface area contributed by atoms with Gasteiger partial charge in [0, 0.05) is 18.7 Å². The Morgan fingerprint density at radius 2 is 2.17 bits per heavy atom. The van der Waals surface area contributed by atoms with Gasteiger partial charge in [-0.1, -0.05) is 0 Å². The number of benzene rings is 1. The van der Waals surface area contributed by atoms with Gasteiger partial charge in [0.1, 0.15) is 11.5 Å². The molecule has 0 aliphatic rings. The third kappa shape index (κ3) is 3.37. The summed E-state index contributed by atoms with van der Waals surface area (Å²) in [5.74, 6) is -2.76. The van der Waals surface area contributed by atoms with Crippen molar-refractivity contribution in [1.29, 1.82) is 0 Å². The molecule has 8 heteroatoms. The van der Waals surface area contributed by atoms with Gasteiger partial charge in [-0.3, -0.25) is 14.9 Å². The maximum atomic E-state index is 13.2. The highest BCUT2D eigenvalue weighted by Gasteiger charge is 2.21. The van der Waals surface area contributed by atoms with Crippen LogP contribution < -0.4 is 5.32 Å². The van der Waals surface area contributed by atoms with E-state index in [1.165, 1.54) is 7.11 Å². The lowest BCUT2D eigenvalue weighted by atomic mass is 10.2. The SMILES string of the molecule is COC(=O)CCNc1cc(F)cc(F)c1[N+](=O)[O-]. The smallest absolute Gasteiger partial charge is 0.327 e. The van der Waals surface area contributed by atoms with Crippen LogP contribution in [0.5, 0.6) is 0 Å². The van der Waals surface area contributed by atoms with Gasteiger partial charge in [-0.2, -0.15) is 4.39 Å². The Bertz CT molecular complexity index is 479. The highest BCUT2D eigenvalue weighted by atomic mass is 19.1. The normalized spacial score (nSPS) is 9.94. The third-order valence-electron chi connectivity index (χ3n) is 2.08. The number of ether oxygens (including phenoxy) is 1. The Labute approximate surface area is 101 Å². The van der Waals surface area contributed by atoms with Crippen molar-refractivity contribution < 1.29 is 23.2 Å². The number of nitrogens with zero attached hydrogens (tertiary/aromatic N) is 1. The number of nitro groups is 1. The van der Waals surface area contributed by atoms with Crippen molar-refractivity contribution in [2.24, 2.45) is 0 Å². The summed E-state index contributed by atoms with van der Waals surface area (Å²) in [7, 11) is 1.19. The molecule has 0 bridgehead atoms. The van der Waals surface area contributed by atoms with Gasteiger partial charge in [-0.25, -0.2) is 4.39 Å². The quantitative estimate of drug-likeness (QED) is 0.496. The average molecular weight is 260 g/mol. The fraction of sp³-hybridized carbons (Fsp3) is 0.300. The maximum Gasteiger partial charge on any atom is 0.327 e. The third-order valence-corrected chi connectivity index (χ3v) is 2.08. The van der Waals surface area contributed by atoms with Crippen molar-refractivity contribution in [2.75, 3.05) is 19.0 Å². The van der Waals surface area contributed by atoms with E-state index in [4.69, 9.17) is 0 Å². The first-order chi connectivity index (χ1) is 8.45. The standard InChI is InChI=1S/C10H10F2N2O4/c1-18-9(15)2-3-13-8-5-6(11)4-7(12)10(8)14(16)17/h4-5,13H,2-3H2,1H3. The van der Waals surface area contributed by atoms with Crippen LogP contribution in [0.2, 0.25) is 0 Å². The zero-order valence-electron chi connectivity index (χ0n) is 9.41. The summed E-state index contributed by atoms with van der Waals surface area (Å²) in [6.45, 7) is -0.0313. The van der Waals surface area contributed by atoms with Crippen molar-refractivity contribution in [3.05, 3.63) is 33.9 Å². The number of carbonyl (C=O) groups is 1. The molecule has 0 fully saturated rings. The van der Waals surface area contributed by atoms with Gasteiger partial charge < -0.3 is 10.1 Å². The van der Waals surface area contributed by atoms with Crippen molar-refractivity contribution in [2.45, 2.75) is 6.42 Å². The minimum atomic E-state index is -1.28. The molecule has 0 saturated heterocycles. The van der Waals surface area contributed by atoms with E-state index in [-0.39, 0.29) is 18.7 Å². The molecule has 6 nitrogen and oxygen atoms in total. The number of esters is 1. The summed E-state index contributed by atoms with van der Waals surface area (Å²) < 4.78 is 30.5. The van der Waals surface area contributed by atoms with Crippen molar-refractivity contribution in [3.63, 3.8) is 0 Å². The number of nitro benzene ring substituents is 1. The van der Waals surface area contributed by atoms with E-state index in [2.05, 4.69) is 10.1 Å². The van der Waals surface area contributed by atoms with E-state index in [1.807, 2.05) is 0 Å². The van der Waals surface area contributed by atoms with Gasteiger partial charge in [-0.15, -0.1) is 0 Å². The molecule has 1 aromatic rings. The zero-order valence-corrected chi connectivity index (χ0v) is 9.41. The molecule has 18 heavy (non-hydrogen) atoms. The number of rotatable bonds is 5. The Morgan fingerprint density at radius 1 is 1.50 bits per heavy atom. The molecular weight excluding hydrogens is 250 g/mol. The molecule has 0 atom stereocenters. The van der Waals surface area contributed by atoms with Gasteiger partial charge >= 0.3 is 11.7 Å². The maximum absolute atomic E-state index is 13.2. The van der Waals surface area contributed by atoms with Crippen LogP contribution in [0.3, 0.4) is 0 Å². The molecule has 0 radical (unpaired) electrons. The second-order valence-corrected chi connectivity index (χ2v) is 3.29. The number of anilines is 1. The molecular formula is C10H10F2N2O4. The second kappa shape index (κ2) is 5.89. The van der Waals surface area contributed by atoms with E-state index in [0.29, 0.717) is 6.07 Å². The monoisotopic (exact) mass is 260 g/mol. The van der Waals surface area contributed by atoms with Gasteiger partial charge in [0.15, 0.2) is 0 Å². The summed E-state index contributed by atoms with van der Waals surface area (Å²) in [5.41, 5.74) is -1.18. The van der Waals surface area contributed by atoms with Crippen LogP contribution in [0.25, 0.3) is 0 Å². The van der Waals surface area contributed by atoms with E-state index >= 15 is 0 Å². The van der Waals surface area contributed by atoms with Crippen LogP contribution in [0.1, 0.15) is 6.42 Å². The van der Waals surface area contributed by atoms with Gasteiger partial charge in [-0.05, 0) is 0 Å². The lowest BCUT2D eigenvalue weighted by molar-refractivity contribution is -0.386. The van der Waals surface area contributed by atoms with E-state index in [9.17, 15) is 23.7 Å². The highest BCUT2D eigenvalue weighted by Crippen LogP contribution is 2.28. The van der Waals surface area contributed by atoms with Crippen LogP contribution in [0.15, 0.2) is 12.1 Å². The number of halogens is 2. The van der Waals surface area contributed by atoms with Gasteiger partial charge in [0.25, 0.3) is 0 Å². The Kier molecular flexibility index (Phi) is 4.52. The molecule has 0 spiro atoms. The first-order valence-corrected chi connectivity index (χ1v) is 4.90. The summed E-state index contributed by atoms with van der Waals surface area (Å²) in [5, 5.41) is 13.0. The number of methoxy groups -OCH3 is 1. The number of hydrogen-bond donors (Lipinski definition) is 1. The molecule has 0 amide bonds. The van der Waals surface area contributed by atoms with Gasteiger partial charge in [0.05, 0.1) is 18.5 Å². The molecule has 0 heterocycles. The predicted octanol–water partition coefficient (Wildman–Crippen LogP) is 1.85. The first-order valence-electron chi connectivity index (χ1n) is 4.90. The molecule has 98 valence electrons. The molecule has 1 N–H and O–H groups in total. The minimum absolute atomic E-state index is 0.0313. The fourth-order valence-electron chi connectivity index (χ4n) is 1.29. The summed E-state index contributed by atoms with van der Waals surface area (Å²) >= 11 is 0. The summed E-state index contributed by atoms with van der Waals surface area (Å²) in [6.07, 6.45) is -0.0776.